The number of morpholine rings is 1. The third kappa shape index (κ3) is 3.96. The van der Waals surface area contributed by atoms with E-state index in [1.807, 2.05) is 0 Å². The van der Waals surface area contributed by atoms with Gasteiger partial charge in [-0.3, -0.25) is 4.90 Å². The molecule has 0 spiro atoms. The molecule has 0 amide bonds. The van der Waals surface area contributed by atoms with Crippen LogP contribution in [0.3, 0.4) is 0 Å². The molecule has 1 fully saturated rings. The maximum Gasteiger partial charge on any atom is 0.226 e. The molecule has 0 aliphatic carbocycles. The summed E-state index contributed by atoms with van der Waals surface area (Å²) in [5, 5.41) is 0. The Hall–Kier alpha value is -1.65. The van der Waals surface area contributed by atoms with Crippen LogP contribution < -0.4 is 0 Å². The van der Waals surface area contributed by atoms with Crippen molar-refractivity contribution in [3.63, 3.8) is 0 Å². The summed E-state index contributed by atoms with van der Waals surface area (Å²) in [6, 6.07) is 8.57. The first-order chi connectivity index (χ1) is 10.8. The van der Waals surface area contributed by atoms with Gasteiger partial charge in [0, 0.05) is 25.2 Å². The van der Waals surface area contributed by atoms with Gasteiger partial charge in [-0.25, -0.2) is 4.98 Å². The minimum Gasteiger partial charge on any atom is -0.444 e. The summed E-state index contributed by atoms with van der Waals surface area (Å²) in [4.78, 5) is 6.96. The average Bonchev–Trinajstić information content (AvgIpc) is 3.03. The van der Waals surface area contributed by atoms with E-state index in [0.717, 1.165) is 50.5 Å². The molecule has 1 aromatic heterocycles. The molecule has 2 heterocycles. The van der Waals surface area contributed by atoms with Crippen LogP contribution >= 0.6 is 0 Å². The minimum atomic E-state index is 0.713. The summed E-state index contributed by atoms with van der Waals surface area (Å²) in [5.74, 6) is 0.713. The second kappa shape index (κ2) is 7.56. The third-order valence-corrected chi connectivity index (χ3v) is 4.06. The van der Waals surface area contributed by atoms with E-state index in [0.29, 0.717) is 5.89 Å². The molecule has 1 aromatic carbocycles. The molecule has 1 saturated heterocycles. The number of rotatable bonds is 6. The number of hydrogen-bond acceptors (Lipinski definition) is 4. The molecule has 2 aromatic rings. The zero-order valence-corrected chi connectivity index (χ0v) is 13.3. The fourth-order valence-electron chi connectivity index (χ4n) is 2.70. The number of benzene rings is 1. The molecule has 0 radical (unpaired) electrons. The first kappa shape index (κ1) is 15.3. The number of aromatic nitrogens is 1. The van der Waals surface area contributed by atoms with E-state index in [9.17, 15) is 0 Å². The van der Waals surface area contributed by atoms with Crippen molar-refractivity contribution < 1.29 is 9.15 Å². The van der Waals surface area contributed by atoms with Crippen LogP contribution in [-0.2, 0) is 17.7 Å². The highest BCUT2D eigenvalue weighted by molar-refractivity contribution is 5.53. The Morgan fingerprint density at radius 1 is 1.14 bits per heavy atom. The van der Waals surface area contributed by atoms with Crippen LogP contribution in [0.4, 0.5) is 0 Å². The molecule has 0 saturated carbocycles. The van der Waals surface area contributed by atoms with Crippen LogP contribution in [0, 0.1) is 0 Å². The summed E-state index contributed by atoms with van der Waals surface area (Å²) in [6.07, 6.45) is 5.38. The number of aryl methyl sites for hydroxylation is 1. The maximum absolute atomic E-state index is 5.64. The molecular weight excluding hydrogens is 276 g/mol. The van der Waals surface area contributed by atoms with Gasteiger partial charge in [-0.2, -0.15) is 0 Å². The van der Waals surface area contributed by atoms with Gasteiger partial charge in [0.1, 0.15) is 6.26 Å². The molecule has 3 rings (SSSR count). The normalized spacial score (nSPS) is 16.0. The van der Waals surface area contributed by atoms with E-state index in [1.165, 1.54) is 18.4 Å². The minimum absolute atomic E-state index is 0.713. The molecule has 118 valence electrons. The molecular formula is C18H24N2O2. The van der Waals surface area contributed by atoms with Crippen LogP contribution in [0.1, 0.15) is 31.0 Å². The van der Waals surface area contributed by atoms with Gasteiger partial charge in [-0.1, -0.05) is 25.5 Å². The van der Waals surface area contributed by atoms with E-state index in [4.69, 9.17) is 9.15 Å². The summed E-state index contributed by atoms with van der Waals surface area (Å²) in [7, 11) is 0. The first-order valence-corrected chi connectivity index (χ1v) is 8.19. The second-order valence-corrected chi connectivity index (χ2v) is 5.83. The Morgan fingerprint density at radius 2 is 1.91 bits per heavy atom. The monoisotopic (exact) mass is 300 g/mol. The van der Waals surface area contributed by atoms with Crippen molar-refractivity contribution in [2.24, 2.45) is 0 Å². The molecule has 1 aliphatic rings. The smallest absolute Gasteiger partial charge is 0.226 e. The van der Waals surface area contributed by atoms with Crippen LogP contribution in [0.2, 0.25) is 0 Å². The Balaban J connectivity index is 1.62. The van der Waals surface area contributed by atoms with Gasteiger partial charge >= 0.3 is 0 Å². The van der Waals surface area contributed by atoms with Crippen LogP contribution in [0.15, 0.2) is 34.9 Å². The Labute approximate surface area is 132 Å². The molecule has 0 unspecified atom stereocenters. The lowest BCUT2D eigenvalue weighted by molar-refractivity contribution is 0.0336. The highest BCUT2D eigenvalue weighted by Gasteiger charge is 2.13. The standard InChI is InChI=1S/C18H24N2O2/c1-2-3-4-15-5-7-16(8-6-15)18-19-17(14-22-18)13-20-9-11-21-12-10-20/h5-8,14H,2-4,9-13H2,1H3. The van der Waals surface area contributed by atoms with E-state index in [2.05, 4.69) is 41.1 Å². The quantitative estimate of drug-likeness (QED) is 0.818. The number of unbranched alkanes of at least 4 members (excludes halogenated alkanes) is 1. The van der Waals surface area contributed by atoms with Crippen molar-refractivity contribution >= 4 is 0 Å². The number of ether oxygens (including phenoxy) is 1. The molecule has 4 heteroatoms. The topological polar surface area (TPSA) is 38.5 Å². The molecule has 0 N–H and O–H groups in total. The lowest BCUT2D eigenvalue weighted by Crippen LogP contribution is -2.35. The zero-order valence-electron chi connectivity index (χ0n) is 13.3. The predicted molar refractivity (Wildman–Crippen MR) is 86.6 cm³/mol. The summed E-state index contributed by atoms with van der Waals surface area (Å²) < 4.78 is 11.0. The van der Waals surface area contributed by atoms with Crippen molar-refractivity contribution in [2.75, 3.05) is 26.3 Å². The van der Waals surface area contributed by atoms with Crippen molar-refractivity contribution in [1.82, 2.24) is 9.88 Å². The van der Waals surface area contributed by atoms with Crippen molar-refractivity contribution in [2.45, 2.75) is 32.7 Å². The van der Waals surface area contributed by atoms with Gasteiger partial charge < -0.3 is 9.15 Å². The molecule has 0 bridgehead atoms. The van der Waals surface area contributed by atoms with Crippen molar-refractivity contribution in [1.29, 1.82) is 0 Å². The number of hydrogen-bond donors (Lipinski definition) is 0. The molecule has 0 atom stereocenters. The van der Waals surface area contributed by atoms with Crippen molar-refractivity contribution in [3.05, 3.63) is 41.8 Å². The van der Waals surface area contributed by atoms with Gasteiger partial charge in [0.15, 0.2) is 0 Å². The lowest BCUT2D eigenvalue weighted by atomic mass is 10.1. The maximum atomic E-state index is 5.64. The van der Waals surface area contributed by atoms with Gasteiger partial charge in [0.05, 0.1) is 18.9 Å². The van der Waals surface area contributed by atoms with E-state index < -0.39 is 0 Å². The van der Waals surface area contributed by atoms with Gasteiger partial charge in [0.2, 0.25) is 5.89 Å². The van der Waals surface area contributed by atoms with Crippen molar-refractivity contribution in [3.8, 4) is 11.5 Å². The summed E-state index contributed by atoms with van der Waals surface area (Å²) in [6.45, 7) is 6.61. The van der Waals surface area contributed by atoms with Crippen LogP contribution in [0.5, 0.6) is 0 Å². The highest BCUT2D eigenvalue weighted by atomic mass is 16.5. The Bertz CT molecular complexity index is 571. The fraction of sp³-hybridized carbons (Fsp3) is 0.500. The van der Waals surface area contributed by atoms with E-state index in [1.54, 1.807) is 6.26 Å². The van der Waals surface area contributed by atoms with Gasteiger partial charge in [0.25, 0.3) is 0 Å². The Morgan fingerprint density at radius 3 is 2.64 bits per heavy atom. The number of oxazole rings is 1. The van der Waals surface area contributed by atoms with Crippen LogP contribution in [0.25, 0.3) is 11.5 Å². The van der Waals surface area contributed by atoms with E-state index >= 15 is 0 Å². The second-order valence-electron chi connectivity index (χ2n) is 5.83. The van der Waals surface area contributed by atoms with Crippen LogP contribution in [-0.4, -0.2) is 36.2 Å². The molecule has 4 nitrogen and oxygen atoms in total. The van der Waals surface area contributed by atoms with E-state index in [-0.39, 0.29) is 0 Å². The fourth-order valence-corrected chi connectivity index (χ4v) is 2.70. The summed E-state index contributed by atoms with van der Waals surface area (Å²) in [5.41, 5.74) is 3.42. The molecule has 1 aliphatic heterocycles. The average molecular weight is 300 g/mol. The zero-order chi connectivity index (χ0) is 15.2. The lowest BCUT2D eigenvalue weighted by Gasteiger charge is -2.25. The largest absolute Gasteiger partial charge is 0.444 e. The summed E-state index contributed by atoms with van der Waals surface area (Å²) >= 11 is 0. The number of nitrogens with zero attached hydrogens (tertiary/aromatic N) is 2. The van der Waals surface area contributed by atoms with Gasteiger partial charge in [-0.05, 0) is 30.5 Å². The van der Waals surface area contributed by atoms with Gasteiger partial charge in [-0.15, -0.1) is 0 Å². The molecule has 22 heavy (non-hydrogen) atoms. The predicted octanol–water partition coefficient (Wildman–Crippen LogP) is 3.52. The SMILES string of the molecule is CCCCc1ccc(-c2nc(CN3CCOCC3)co2)cc1. The third-order valence-electron chi connectivity index (χ3n) is 4.06. The highest BCUT2D eigenvalue weighted by Crippen LogP contribution is 2.20. The Kier molecular flexibility index (Phi) is 5.24. The first-order valence-electron chi connectivity index (χ1n) is 8.19.